The molecule has 4 heteroatoms. The van der Waals surface area contributed by atoms with E-state index < -0.39 is 0 Å². The van der Waals surface area contributed by atoms with Crippen LogP contribution in [0.4, 0.5) is 5.69 Å². The summed E-state index contributed by atoms with van der Waals surface area (Å²) in [5.41, 5.74) is 3.11. The smallest absolute Gasteiger partial charge is 0.226 e. The van der Waals surface area contributed by atoms with E-state index in [1.807, 2.05) is 26.0 Å². The van der Waals surface area contributed by atoms with Crippen LogP contribution in [0.5, 0.6) is 0 Å². The summed E-state index contributed by atoms with van der Waals surface area (Å²) in [7, 11) is 0. The molecule has 3 aromatic rings. The van der Waals surface area contributed by atoms with E-state index in [0.717, 1.165) is 5.56 Å². The molecule has 0 saturated carbocycles. The molecule has 0 radical (unpaired) electrons. The van der Waals surface area contributed by atoms with Crippen LogP contribution in [0.25, 0.3) is 22.3 Å². The highest BCUT2D eigenvalue weighted by atomic mass is 16.3. The quantitative estimate of drug-likeness (QED) is 0.682. The first kappa shape index (κ1) is 18.9. The second-order valence-corrected chi connectivity index (χ2v) is 8.16. The predicted octanol–water partition coefficient (Wildman–Crippen LogP) is 5.35. The second-order valence-electron chi connectivity index (χ2n) is 8.16. The van der Waals surface area contributed by atoms with Crippen molar-refractivity contribution < 1.29 is 9.21 Å². The van der Waals surface area contributed by atoms with Crippen molar-refractivity contribution in [1.29, 1.82) is 0 Å². The zero-order chi connectivity index (χ0) is 19.8. The Morgan fingerprint density at radius 2 is 1.67 bits per heavy atom. The van der Waals surface area contributed by atoms with Gasteiger partial charge in [-0.3, -0.25) is 9.59 Å². The van der Waals surface area contributed by atoms with Gasteiger partial charge in [-0.2, -0.15) is 0 Å². The van der Waals surface area contributed by atoms with Crippen molar-refractivity contribution in [3.05, 3.63) is 64.3 Å². The molecule has 0 aliphatic carbocycles. The third-order valence-corrected chi connectivity index (χ3v) is 4.55. The highest BCUT2D eigenvalue weighted by Gasteiger charge is 2.14. The number of benzene rings is 2. The van der Waals surface area contributed by atoms with Crippen molar-refractivity contribution in [3.63, 3.8) is 0 Å². The van der Waals surface area contributed by atoms with E-state index >= 15 is 0 Å². The molecule has 0 unspecified atom stereocenters. The van der Waals surface area contributed by atoms with E-state index in [1.54, 1.807) is 18.2 Å². The first-order chi connectivity index (χ1) is 12.6. The molecule has 0 saturated heterocycles. The van der Waals surface area contributed by atoms with E-state index in [-0.39, 0.29) is 22.7 Å². The molecule has 0 atom stereocenters. The third kappa shape index (κ3) is 4.11. The monoisotopic (exact) mass is 363 g/mol. The van der Waals surface area contributed by atoms with Crippen LogP contribution in [0, 0.1) is 5.92 Å². The molecular formula is C23H25NO3. The van der Waals surface area contributed by atoms with Gasteiger partial charge >= 0.3 is 0 Å². The zero-order valence-electron chi connectivity index (χ0n) is 16.4. The molecule has 0 fully saturated rings. The fourth-order valence-corrected chi connectivity index (χ4v) is 2.80. The average Bonchev–Trinajstić information content (AvgIpc) is 2.61. The number of hydrogen-bond acceptors (Lipinski definition) is 3. The number of fused-ring (bicyclic) bond motifs is 1. The topological polar surface area (TPSA) is 59.3 Å². The maximum Gasteiger partial charge on any atom is 0.226 e. The molecule has 1 amide bonds. The van der Waals surface area contributed by atoms with Gasteiger partial charge in [0.1, 0.15) is 11.3 Å². The number of carbonyl (C=O) groups excluding carboxylic acids is 1. The molecule has 0 aliphatic heterocycles. The minimum Gasteiger partial charge on any atom is -0.456 e. The van der Waals surface area contributed by atoms with Crippen LogP contribution >= 0.6 is 0 Å². The average molecular weight is 363 g/mol. The van der Waals surface area contributed by atoms with Crippen LogP contribution in [-0.4, -0.2) is 5.91 Å². The number of hydrogen-bond donors (Lipinski definition) is 1. The molecule has 2 aromatic carbocycles. The summed E-state index contributed by atoms with van der Waals surface area (Å²) >= 11 is 0. The minimum atomic E-state index is -0.133. The van der Waals surface area contributed by atoms with E-state index in [4.69, 9.17) is 4.42 Å². The van der Waals surface area contributed by atoms with Crippen LogP contribution in [0.3, 0.4) is 0 Å². The largest absolute Gasteiger partial charge is 0.456 e. The van der Waals surface area contributed by atoms with Crippen molar-refractivity contribution in [1.82, 2.24) is 0 Å². The van der Waals surface area contributed by atoms with Crippen molar-refractivity contribution >= 4 is 22.6 Å². The summed E-state index contributed by atoms with van der Waals surface area (Å²) in [6.07, 6.45) is 0. The Hall–Kier alpha value is -2.88. The maximum atomic E-state index is 12.6. The molecule has 0 spiro atoms. The van der Waals surface area contributed by atoms with Gasteiger partial charge in [-0.1, -0.05) is 58.9 Å². The van der Waals surface area contributed by atoms with Gasteiger partial charge in [0.25, 0.3) is 0 Å². The Labute approximate surface area is 159 Å². The first-order valence-corrected chi connectivity index (χ1v) is 9.15. The lowest BCUT2D eigenvalue weighted by molar-refractivity contribution is -0.118. The van der Waals surface area contributed by atoms with Crippen LogP contribution in [-0.2, 0) is 10.2 Å². The van der Waals surface area contributed by atoms with E-state index in [1.165, 1.54) is 11.6 Å². The standard InChI is InChI=1S/C23H25NO3/c1-14(2)22(26)24-17-10-11-20-18(12-17)19(25)13-21(27-20)15-6-8-16(9-7-15)23(3,4)5/h6-14H,1-5H3,(H,24,26). The van der Waals surface area contributed by atoms with Gasteiger partial charge in [0.2, 0.25) is 5.91 Å². The molecule has 4 nitrogen and oxygen atoms in total. The number of rotatable bonds is 3. The van der Waals surface area contributed by atoms with Crippen LogP contribution in [0.15, 0.2) is 57.7 Å². The van der Waals surface area contributed by atoms with Crippen LogP contribution < -0.4 is 10.7 Å². The van der Waals surface area contributed by atoms with E-state index in [0.29, 0.717) is 22.4 Å². The van der Waals surface area contributed by atoms with Gasteiger partial charge in [-0.05, 0) is 29.2 Å². The van der Waals surface area contributed by atoms with Crippen molar-refractivity contribution in [2.24, 2.45) is 5.92 Å². The predicted molar refractivity (Wildman–Crippen MR) is 110 cm³/mol. The van der Waals surface area contributed by atoms with Crippen molar-refractivity contribution in [3.8, 4) is 11.3 Å². The summed E-state index contributed by atoms with van der Waals surface area (Å²) in [4.78, 5) is 24.5. The molecule has 1 N–H and O–H groups in total. The number of nitrogens with one attached hydrogen (secondary N) is 1. The number of carbonyl (C=O) groups is 1. The molecule has 0 aliphatic rings. The fraction of sp³-hybridized carbons (Fsp3) is 0.304. The maximum absolute atomic E-state index is 12.6. The van der Waals surface area contributed by atoms with Crippen LogP contribution in [0.2, 0.25) is 0 Å². The summed E-state index contributed by atoms with van der Waals surface area (Å²) in [5.74, 6) is 0.316. The third-order valence-electron chi connectivity index (χ3n) is 4.55. The van der Waals surface area contributed by atoms with E-state index in [2.05, 4.69) is 38.2 Å². The SMILES string of the molecule is CC(C)C(=O)Nc1ccc2oc(-c3ccc(C(C)(C)C)cc3)cc(=O)c2c1. The highest BCUT2D eigenvalue weighted by Crippen LogP contribution is 2.27. The van der Waals surface area contributed by atoms with Gasteiger partial charge in [-0.15, -0.1) is 0 Å². The number of amides is 1. The van der Waals surface area contributed by atoms with Gasteiger partial charge in [0, 0.05) is 23.2 Å². The molecular weight excluding hydrogens is 338 g/mol. The molecule has 0 bridgehead atoms. The Morgan fingerprint density at radius 1 is 1.00 bits per heavy atom. The lowest BCUT2D eigenvalue weighted by Crippen LogP contribution is -2.17. The molecule has 1 heterocycles. The zero-order valence-corrected chi connectivity index (χ0v) is 16.4. The first-order valence-electron chi connectivity index (χ1n) is 9.15. The Kier molecular flexibility index (Phi) is 4.92. The fourth-order valence-electron chi connectivity index (χ4n) is 2.80. The molecule has 27 heavy (non-hydrogen) atoms. The normalized spacial score (nSPS) is 11.8. The van der Waals surface area contributed by atoms with Gasteiger partial charge in [0.15, 0.2) is 5.43 Å². The lowest BCUT2D eigenvalue weighted by atomic mass is 9.86. The summed E-state index contributed by atoms with van der Waals surface area (Å²) in [6.45, 7) is 10.1. The van der Waals surface area contributed by atoms with E-state index in [9.17, 15) is 9.59 Å². The second kappa shape index (κ2) is 7.03. The minimum absolute atomic E-state index is 0.0690. The van der Waals surface area contributed by atoms with Gasteiger partial charge < -0.3 is 9.73 Å². The Morgan fingerprint density at radius 3 is 2.26 bits per heavy atom. The summed E-state index contributed by atoms with van der Waals surface area (Å²) in [6, 6.07) is 14.7. The Balaban J connectivity index is 1.98. The van der Waals surface area contributed by atoms with Crippen LogP contribution in [0.1, 0.15) is 40.2 Å². The van der Waals surface area contributed by atoms with Gasteiger partial charge in [-0.25, -0.2) is 0 Å². The molecule has 1 aromatic heterocycles. The number of anilines is 1. The van der Waals surface area contributed by atoms with Crippen molar-refractivity contribution in [2.75, 3.05) is 5.32 Å². The summed E-state index contributed by atoms with van der Waals surface area (Å²) < 4.78 is 5.95. The highest BCUT2D eigenvalue weighted by molar-refractivity contribution is 5.94. The van der Waals surface area contributed by atoms with Gasteiger partial charge in [0.05, 0.1) is 5.39 Å². The molecule has 3 rings (SSSR count). The summed E-state index contributed by atoms with van der Waals surface area (Å²) in [5, 5.41) is 3.26. The lowest BCUT2D eigenvalue weighted by Gasteiger charge is -2.19. The van der Waals surface area contributed by atoms with Crippen molar-refractivity contribution in [2.45, 2.75) is 40.0 Å². The Bertz CT molecular complexity index is 1040. The molecule has 140 valence electrons.